The van der Waals surface area contributed by atoms with Gasteiger partial charge in [-0.05, 0) is 29.8 Å². The monoisotopic (exact) mass is 249 g/mol. The molecule has 1 aromatic heterocycles. The summed E-state index contributed by atoms with van der Waals surface area (Å²) in [6, 6.07) is 9.95. The van der Waals surface area contributed by atoms with Gasteiger partial charge in [0.1, 0.15) is 5.82 Å². The molecule has 4 heteroatoms. The van der Waals surface area contributed by atoms with Crippen LogP contribution in [0, 0.1) is 5.82 Å². The number of hydrogen-bond donors (Lipinski definition) is 0. The first kappa shape index (κ1) is 11.8. The maximum absolute atomic E-state index is 12.8. The molecule has 88 valence electrons. The Morgan fingerprint density at radius 2 is 1.76 bits per heavy atom. The predicted octanol–water partition coefficient (Wildman–Crippen LogP) is 3.26. The Labute approximate surface area is 103 Å². The molecule has 0 atom stereocenters. The summed E-state index contributed by atoms with van der Waals surface area (Å²) < 4.78 is 12.8. The van der Waals surface area contributed by atoms with Crippen molar-refractivity contribution in [1.29, 1.82) is 0 Å². The third-order valence-corrected chi connectivity index (χ3v) is 3.47. The van der Waals surface area contributed by atoms with Crippen LogP contribution >= 0.6 is 11.3 Å². The number of amides is 1. The van der Waals surface area contributed by atoms with E-state index in [2.05, 4.69) is 0 Å². The van der Waals surface area contributed by atoms with Crippen LogP contribution in [-0.2, 0) is 0 Å². The average molecular weight is 249 g/mol. The standard InChI is InChI=1S/C13H12FNOS/c1-15(2)13(16)12-8-7-11(17-12)9-3-5-10(14)6-4-9/h3-8H,1-2H3. The SMILES string of the molecule is CN(C)C(=O)c1ccc(-c2ccc(F)cc2)s1. The van der Waals surface area contributed by atoms with Crippen LogP contribution in [-0.4, -0.2) is 24.9 Å². The summed E-state index contributed by atoms with van der Waals surface area (Å²) in [5.74, 6) is -0.266. The van der Waals surface area contributed by atoms with E-state index in [-0.39, 0.29) is 11.7 Å². The Morgan fingerprint density at radius 1 is 1.12 bits per heavy atom. The Kier molecular flexibility index (Phi) is 3.24. The second-order valence-electron chi connectivity index (χ2n) is 3.87. The molecule has 2 rings (SSSR count). The summed E-state index contributed by atoms with van der Waals surface area (Å²) in [7, 11) is 3.44. The van der Waals surface area contributed by atoms with Crippen LogP contribution in [0.15, 0.2) is 36.4 Å². The summed E-state index contributed by atoms with van der Waals surface area (Å²) in [6.07, 6.45) is 0. The van der Waals surface area contributed by atoms with E-state index in [1.54, 1.807) is 37.2 Å². The van der Waals surface area contributed by atoms with E-state index < -0.39 is 0 Å². The first-order chi connectivity index (χ1) is 8.08. The summed E-state index contributed by atoms with van der Waals surface area (Å²) >= 11 is 1.41. The number of hydrogen-bond acceptors (Lipinski definition) is 2. The number of carbonyl (C=O) groups excluding carboxylic acids is 1. The van der Waals surface area contributed by atoms with E-state index in [0.29, 0.717) is 4.88 Å². The topological polar surface area (TPSA) is 20.3 Å². The molecule has 0 aliphatic carbocycles. The van der Waals surface area contributed by atoms with Crippen molar-refractivity contribution >= 4 is 17.2 Å². The first-order valence-electron chi connectivity index (χ1n) is 5.15. The Morgan fingerprint density at radius 3 is 2.35 bits per heavy atom. The quantitative estimate of drug-likeness (QED) is 0.800. The summed E-state index contributed by atoms with van der Waals surface area (Å²) in [4.78, 5) is 14.9. The molecule has 0 fully saturated rings. The number of thiophene rings is 1. The van der Waals surface area contributed by atoms with E-state index in [1.807, 2.05) is 6.07 Å². The molecule has 0 unspecified atom stereocenters. The molecule has 0 aliphatic rings. The second kappa shape index (κ2) is 4.67. The highest BCUT2D eigenvalue weighted by atomic mass is 32.1. The summed E-state index contributed by atoms with van der Waals surface area (Å²) in [6.45, 7) is 0. The van der Waals surface area contributed by atoms with Gasteiger partial charge >= 0.3 is 0 Å². The van der Waals surface area contributed by atoms with Crippen molar-refractivity contribution in [3.8, 4) is 10.4 Å². The highest BCUT2D eigenvalue weighted by Crippen LogP contribution is 2.28. The van der Waals surface area contributed by atoms with E-state index in [0.717, 1.165) is 10.4 Å². The van der Waals surface area contributed by atoms with Crippen LogP contribution in [0.3, 0.4) is 0 Å². The minimum Gasteiger partial charge on any atom is -0.344 e. The third-order valence-electron chi connectivity index (χ3n) is 2.35. The fourth-order valence-electron chi connectivity index (χ4n) is 1.44. The molecule has 0 saturated heterocycles. The molecule has 1 heterocycles. The number of rotatable bonds is 2. The maximum atomic E-state index is 12.8. The number of carbonyl (C=O) groups is 1. The normalized spacial score (nSPS) is 10.3. The zero-order valence-electron chi connectivity index (χ0n) is 9.61. The molecule has 0 radical (unpaired) electrons. The fraction of sp³-hybridized carbons (Fsp3) is 0.154. The third kappa shape index (κ3) is 2.53. The fourth-order valence-corrected chi connectivity index (χ4v) is 2.48. The van der Waals surface area contributed by atoms with E-state index in [9.17, 15) is 9.18 Å². The molecule has 0 spiro atoms. The Hall–Kier alpha value is -1.68. The Balaban J connectivity index is 2.30. The largest absolute Gasteiger partial charge is 0.344 e. The number of halogens is 1. The lowest BCUT2D eigenvalue weighted by Gasteiger charge is -2.07. The van der Waals surface area contributed by atoms with Gasteiger partial charge in [0.25, 0.3) is 5.91 Å². The average Bonchev–Trinajstić information content (AvgIpc) is 2.78. The van der Waals surface area contributed by atoms with E-state index in [4.69, 9.17) is 0 Å². The highest BCUT2D eigenvalue weighted by molar-refractivity contribution is 7.17. The van der Waals surface area contributed by atoms with Gasteiger partial charge in [-0.1, -0.05) is 12.1 Å². The van der Waals surface area contributed by atoms with Crippen molar-refractivity contribution < 1.29 is 9.18 Å². The number of benzene rings is 1. The molecule has 0 bridgehead atoms. The van der Waals surface area contributed by atoms with Gasteiger partial charge in [0.15, 0.2) is 0 Å². The molecule has 17 heavy (non-hydrogen) atoms. The van der Waals surface area contributed by atoms with Crippen molar-refractivity contribution in [3.05, 3.63) is 47.1 Å². The van der Waals surface area contributed by atoms with E-state index >= 15 is 0 Å². The molecule has 2 aromatic rings. The Bertz CT molecular complexity index is 531. The lowest BCUT2D eigenvalue weighted by molar-refractivity contribution is 0.0832. The molecule has 0 N–H and O–H groups in total. The minimum absolute atomic E-state index is 0.0108. The lowest BCUT2D eigenvalue weighted by Crippen LogP contribution is -2.20. The molecule has 0 saturated carbocycles. The van der Waals surface area contributed by atoms with Gasteiger partial charge in [0.05, 0.1) is 4.88 Å². The molecular formula is C13H12FNOS. The highest BCUT2D eigenvalue weighted by Gasteiger charge is 2.11. The van der Waals surface area contributed by atoms with Crippen LogP contribution in [0.2, 0.25) is 0 Å². The van der Waals surface area contributed by atoms with Crippen molar-refractivity contribution in [2.24, 2.45) is 0 Å². The van der Waals surface area contributed by atoms with E-state index in [1.165, 1.54) is 23.5 Å². The lowest BCUT2D eigenvalue weighted by atomic mass is 10.2. The minimum atomic E-state index is -0.255. The van der Waals surface area contributed by atoms with Crippen LogP contribution in [0.5, 0.6) is 0 Å². The molecule has 0 aliphatic heterocycles. The van der Waals surface area contributed by atoms with Gasteiger partial charge < -0.3 is 4.90 Å². The predicted molar refractivity (Wildman–Crippen MR) is 67.7 cm³/mol. The van der Waals surface area contributed by atoms with Crippen LogP contribution in [0.1, 0.15) is 9.67 Å². The zero-order chi connectivity index (χ0) is 12.4. The first-order valence-corrected chi connectivity index (χ1v) is 5.97. The maximum Gasteiger partial charge on any atom is 0.263 e. The van der Waals surface area contributed by atoms with Gasteiger partial charge in [-0.3, -0.25) is 4.79 Å². The molecular weight excluding hydrogens is 237 g/mol. The van der Waals surface area contributed by atoms with Crippen LogP contribution < -0.4 is 0 Å². The molecule has 1 aromatic carbocycles. The van der Waals surface area contributed by atoms with Crippen molar-refractivity contribution in [2.45, 2.75) is 0 Å². The zero-order valence-corrected chi connectivity index (χ0v) is 10.4. The van der Waals surface area contributed by atoms with Gasteiger partial charge in [-0.2, -0.15) is 0 Å². The van der Waals surface area contributed by atoms with Crippen molar-refractivity contribution in [3.63, 3.8) is 0 Å². The van der Waals surface area contributed by atoms with Gasteiger partial charge in [0.2, 0.25) is 0 Å². The summed E-state index contributed by atoms with van der Waals surface area (Å²) in [5, 5.41) is 0. The van der Waals surface area contributed by atoms with Crippen LogP contribution in [0.25, 0.3) is 10.4 Å². The van der Waals surface area contributed by atoms with Gasteiger partial charge in [0, 0.05) is 19.0 Å². The molecule has 1 amide bonds. The smallest absolute Gasteiger partial charge is 0.263 e. The molecule has 2 nitrogen and oxygen atoms in total. The van der Waals surface area contributed by atoms with Gasteiger partial charge in [-0.15, -0.1) is 11.3 Å². The van der Waals surface area contributed by atoms with Crippen LogP contribution in [0.4, 0.5) is 4.39 Å². The second-order valence-corrected chi connectivity index (χ2v) is 4.95. The van der Waals surface area contributed by atoms with Gasteiger partial charge in [-0.25, -0.2) is 4.39 Å². The number of nitrogens with zero attached hydrogens (tertiary/aromatic N) is 1. The van der Waals surface area contributed by atoms with Crippen molar-refractivity contribution in [2.75, 3.05) is 14.1 Å². The summed E-state index contributed by atoms with van der Waals surface area (Å²) in [5.41, 5.74) is 0.925. The van der Waals surface area contributed by atoms with Crippen molar-refractivity contribution in [1.82, 2.24) is 4.90 Å².